The summed E-state index contributed by atoms with van der Waals surface area (Å²) in [5, 5.41) is 0. The van der Waals surface area contributed by atoms with Crippen molar-refractivity contribution < 1.29 is 9.53 Å². The molecule has 0 amide bonds. The lowest BCUT2D eigenvalue weighted by atomic mass is 10.1. The topological polar surface area (TPSA) is 26.3 Å². The molecule has 0 N–H and O–H groups in total. The van der Waals surface area contributed by atoms with Crippen LogP contribution >= 0.6 is 0 Å². The zero-order valence-electron chi connectivity index (χ0n) is 8.68. The van der Waals surface area contributed by atoms with Gasteiger partial charge in [0.2, 0.25) is 0 Å². The maximum Gasteiger partial charge on any atom is 0.310 e. The van der Waals surface area contributed by atoms with Gasteiger partial charge in [0.15, 0.2) is 0 Å². The Hall–Kier alpha value is -0.970. The summed E-state index contributed by atoms with van der Waals surface area (Å²) < 4.78 is 4.97. The first-order valence-electron chi connectivity index (χ1n) is 4.64. The largest absolute Gasteiger partial charge is 0.466 e. The molecule has 1 fully saturated rings. The van der Waals surface area contributed by atoms with Gasteiger partial charge >= 0.3 is 5.97 Å². The van der Waals surface area contributed by atoms with Crippen molar-refractivity contribution in [1.82, 2.24) is 0 Å². The molecule has 2 heteroatoms. The summed E-state index contributed by atoms with van der Waals surface area (Å²) in [7, 11) is 0. The average Bonchev–Trinajstić information content (AvgIpc) is 2.55. The molecule has 0 radical (unpaired) electrons. The molecule has 0 aliphatic heterocycles. The molecule has 2 nitrogen and oxygen atoms in total. The van der Waals surface area contributed by atoms with Crippen LogP contribution in [0, 0.1) is 29.1 Å². The van der Waals surface area contributed by atoms with Crippen molar-refractivity contribution >= 4 is 5.97 Å². The van der Waals surface area contributed by atoms with Gasteiger partial charge in [0.05, 0.1) is 12.5 Å². The third-order valence-corrected chi connectivity index (χ3v) is 2.67. The highest BCUT2D eigenvalue weighted by Crippen LogP contribution is 2.58. The zero-order valence-corrected chi connectivity index (χ0v) is 8.68. The SMILES string of the molecule is CC#CC1[C@@H](C(=O)OCC)C1(C)C. The van der Waals surface area contributed by atoms with Gasteiger partial charge in [-0.15, -0.1) is 5.92 Å². The van der Waals surface area contributed by atoms with Crippen LogP contribution in [0.3, 0.4) is 0 Å². The van der Waals surface area contributed by atoms with Crippen molar-refractivity contribution in [1.29, 1.82) is 0 Å². The highest BCUT2D eigenvalue weighted by Gasteiger charge is 2.62. The summed E-state index contributed by atoms with van der Waals surface area (Å²) in [6.45, 7) is 8.20. The minimum absolute atomic E-state index is 0.00919. The van der Waals surface area contributed by atoms with E-state index < -0.39 is 0 Å². The Bertz CT molecular complexity index is 268. The Morgan fingerprint density at radius 1 is 1.54 bits per heavy atom. The first-order valence-corrected chi connectivity index (χ1v) is 4.64. The van der Waals surface area contributed by atoms with E-state index in [0.29, 0.717) is 6.61 Å². The van der Waals surface area contributed by atoms with E-state index in [1.54, 1.807) is 6.92 Å². The molecule has 0 aromatic carbocycles. The Balaban J connectivity index is 2.63. The van der Waals surface area contributed by atoms with Crippen LogP contribution in [-0.4, -0.2) is 12.6 Å². The Kier molecular flexibility index (Phi) is 2.66. The lowest BCUT2D eigenvalue weighted by Crippen LogP contribution is -2.10. The zero-order chi connectivity index (χ0) is 10.1. The number of carbonyl (C=O) groups is 1. The van der Waals surface area contributed by atoms with Gasteiger partial charge in [-0.25, -0.2) is 0 Å². The highest BCUT2D eigenvalue weighted by atomic mass is 16.5. The van der Waals surface area contributed by atoms with E-state index in [9.17, 15) is 4.79 Å². The maximum atomic E-state index is 11.4. The van der Waals surface area contributed by atoms with Crippen molar-refractivity contribution in [2.24, 2.45) is 17.3 Å². The molecular weight excluding hydrogens is 164 g/mol. The van der Waals surface area contributed by atoms with Gasteiger partial charge in [0, 0.05) is 5.92 Å². The second kappa shape index (κ2) is 3.41. The second-order valence-electron chi connectivity index (χ2n) is 3.92. The van der Waals surface area contributed by atoms with E-state index in [4.69, 9.17) is 4.74 Å². The van der Waals surface area contributed by atoms with Crippen LogP contribution < -0.4 is 0 Å². The molecular formula is C11H16O2. The van der Waals surface area contributed by atoms with Gasteiger partial charge in [-0.1, -0.05) is 19.8 Å². The fourth-order valence-electron chi connectivity index (χ4n) is 1.73. The van der Waals surface area contributed by atoms with Gasteiger partial charge in [-0.3, -0.25) is 4.79 Å². The van der Waals surface area contributed by atoms with Crippen molar-refractivity contribution in [3.05, 3.63) is 0 Å². The van der Waals surface area contributed by atoms with E-state index in [1.807, 2.05) is 6.92 Å². The number of esters is 1. The smallest absolute Gasteiger partial charge is 0.310 e. The van der Waals surface area contributed by atoms with E-state index in [2.05, 4.69) is 25.7 Å². The molecule has 1 aliphatic carbocycles. The third-order valence-electron chi connectivity index (χ3n) is 2.67. The van der Waals surface area contributed by atoms with Crippen LogP contribution in [0.25, 0.3) is 0 Å². The van der Waals surface area contributed by atoms with Crippen molar-refractivity contribution in [2.75, 3.05) is 6.61 Å². The fraction of sp³-hybridized carbons (Fsp3) is 0.727. The molecule has 0 saturated heterocycles. The second-order valence-corrected chi connectivity index (χ2v) is 3.92. The van der Waals surface area contributed by atoms with E-state index in [-0.39, 0.29) is 23.2 Å². The van der Waals surface area contributed by atoms with Crippen molar-refractivity contribution in [3.8, 4) is 11.8 Å². The van der Waals surface area contributed by atoms with Gasteiger partial charge < -0.3 is 4.74 Å². The van der Waals surface area contributed by atoms with E-state index in [1.165, 1.54) is 0 Å². The summed E-state index contributed by atoms with van der Waals surface area (Å²) in [5.74, 6) is 5.98. The van der Waals surface area contributed by atoms with Crippen LogP contribution in [0.5, 0.6) is 0 Å². The number of rotatable bonds is 2. The third kappa shape index (κ3) is 1.70. The molecule has 72 valence electrons. The normalized spacial score (nSPS) is 28.6. The Morgan fingerprint density at radius 3 is 2.62 bits per heavy atom. The van der Waals surface area contributed by atoms with Gasteiger partial charge in [0.1, 0.15) is 0 Å². The van der Waals surface area contributed by atoms with Crippen LogP contribution in [0.2, 0.25) is 0 Å². The molecule has 0 bridgehead atoms. The fourth-order valence-corrected chi connectivity index (χ4v) is 1.73. The lowest BCUT2D eigenvalue weighted by molar-refractivity contribution is -0.145. The Morgan fingerprint density at radius 2 is 2.15 bits per heavy atom. The van der Waals surface area contributed by atoms with Crippen LogP contribution in [0.1, 0.15) is 27.7 Å². The minimum Gasteiger partial charge on any atom is -0.466 e. The summed E-state index contributed by atoms with van der Waals surface area (Å²) >= 11 is 0. The number of hydrogen-bond acceptors (Lipinski definition) is 2. The molecule has 1 unspecified atom stereocenters. The predicted octanol–water partition coefficient (Wildman–Crippen LogP) is 1.84. The monoisotopic (exact) mass is 180 g/mol. The van der Waals surface area contributed by atoms with E-state index >= 15 is 0 Å². The van der Waals surface area contributed by atoms with E-state index in [0.717, 1.165) is 0 Å². The van der Waals surface area contributed by atoms with Gasteiger partial charge in [-0.2, -0.15) is 0 Å². The quantitative estimate of drug-likeness (QED) is 0.479. The first kappa shape index (κ1) is 10.1. The molecule has 0 heterocycles. The van der Waals surface area contributed by atoms with Crippen molar-refractivity contribution in [2.45, 2.75) is 27.7 Å². The molecule has 2 atom stereocenters. The molecule has 0 aromatic rings. The number of hydrogen-bond donors (Lipinski definition) is 0. The molecule has 0 aromatic heterocycles. The molecule has 1 aliphatic rings. The standard InChI is InChI=1S/C11H16O2/c1-5-7-8-9(11(8,3)4)10(12)13-6-2/h8-9H,6H2,1-4H3/t8?,9-/m0/s1. The molecule has 0 spiro atoms. The number of ether oxygens (including phenoxy) is 1. The van der Waals surface area contributed by atoms with Crippen LogP contribution in [0.4, 0.5) is 0 Å². The Labute approximate surface area is 79.7 Å². The maximum absolute atomic E-state index is 11.4. The summed E-state index contributed by atoms with van der Waals surface area (Å²) in [4.78, 5) is 11.4. The molecule has 1 saturated carbocycles. The summed E-state index contributed by atoms with van der Waals surface area (Å²) in [5.41, 5.74) is 0.00919. The predicted molar refractivity (Wildman–Crippen MR) is 50.8 cm³/mol. The lowest BCUT2D eigenvalue weighted by Gasteiger charge is -2.01. The van der Waals surface area contributed by atoms with Gasteiger partial charge in [-0.05, 0) is 19.3 Å². The highest BCUT2D eigenvalue weighted by molar-refractivity contribution is 5.78. The van der Waals surface area contributed by atoms with Crippen LogP contribution in [0.15, 0.2) is 0 Å². The molecule has 13 heavy (non-hydrogen) atoms. The summed E-state index contributed by atoms with van der Waals surface area (Å²) in [6, 6.07) is 0. The number of carbonyl (C=O) groups excluding carboxylic acids is 1. The van der Waals surface area contributed by atoms with Crippen molar-refractivity contribution in [3.63, 3.8) is 0 Å². The molecule has 1 rings (SSSR count). The summed E-state index contributed by atoms with van der Waals surface area (Å²) in [6.07, 6.45) is 0. The minimum atomic E-state index is -0.0970. The first-order chi connectivity index (χ1) is 6.05. The van der Waals surface area contributed by atoms with Crippen LogP contribution in [-0.2, 0) is 9.53 Å². The average molecular weight is 180 g/mol. The van der Waals surface area contributed by atoms with Gasteiger partial charge in [0.25, 0.3) is 0 Å².